The molecule has 0 nitrogen and oxygen atoms in total. The van der Waals surface area contributed by atoms with Crippen LogP contribution < -0.4 is 27.0 Å². The SMILES string of the molecule is Cc1cc(C)c([PH+](c2c(C)cc(C)cc2C)[B-](c2c(F)c(F)c(F)c(F)c2F)(c2c(F)c(F)c(F)c(F)c2F)c2c(F)c(F)c(F)c(F)c2F)c(C)c1. The highest BCUT2D eigenvalue weighted by molar-refractivity contribution is 8.10. The first kappa shape index (κ1) is 39.7. The number of hydrogen-bond donors (Lipinski definition) is 0. The molecule has 0 bridgehead atoms. The Bertz CT molecular complexity index is 2030. The fourth-order valence-corrected chi connectivity index (χ4v) is 12.4. The van der Waals surface area contributed by atoms with Crippen molar-refractivity contribution in [3.05, 3.63) is 145 Å². The van der Waals surface area contributed by atoms with Gasteiger partial charge >= 0.3 is 0 Å². The molecule has 0 unspecified atom stereocenters. The van der Waals surface area contributed by atoms with Crippen LogP contribution in [0.25, 0.3) is 0 Å². The molecule has 0 radical (unpaired) electrons. The Morgan fingerprint density at radius 1 is 0.302 bits per heavy atom. The predicted molar refractivity (Wildman–Crippen MR) is 172 cm³/mol. The van der Waals surface area contributed by atoms with E-state index in [1.807, 2.05) is 0 Å². The lowest BCUT2D eigenvalue weighted by Crippen LogP contribution is -2.74. The molecule has 0 amide bonds. The van der Waals surface area contributed by atoms with Crippen molar-refractivity contribution in [2.75, 3.05) is 0 Å². The van der Waals surface area contributed by atoms with Crippen molar-refractivity contribution in [1.82, 2.24) is 0 Å². The van der Waals surface area contributed by atoms with Crippen molar-refractivity contribution < 1.29 is 65.9 Å². The van der Waals surface area contributed by atoms with Gasteiger partial charge in [0.05, 0.1) is 10.6 Å². The lowest BCUT2D eigenvalue weighted by Gasteiger charge is -2.45. The minimum absolute atomic E-state index is 0.0846. The molecule has 0 aromatic heterocycles. The van der Waals surface area contributed by atoms with Gasteiger partial charge in [-0.25, -0.2) is 65.9 Å². The van der Waals surface area contributed by atoms with Crippen LogP contribution in [-0.4, -0.2) is 5.87 Å². The molecule has 280 valence electrons. The quantitative estimate of drug-likeness (QED) is 0.0534. The van der Waals surface area contributed by atoms with Gasteiger partial charge in [-0.15, -0.1) is 0 Å². The van der Waals surface area contributed by atoms with E-state index in [1.165, 1.54) is 65.8 Å². The summed E-state index contributed by atoms with van der Waals surface area (Å²) in [5.41, 5.74) is -7.34. The molecule has 5 aromatic carbocycles. The van der Waals surface area contributed by atoms with E-state index in [-0.39, 0.29) is 22.3 Å². The van der Waals surface area contributed by atoms with Crippen LogP contribution >= 0.6 is 7.80 Å². The van der Waals surface area contributed by atoms with Crippen LogP contribution in [0.4, 0.5) is 65.9 Å². The lowest BCUT2D eigenvalue weighted by atomic mass is 9.33. The second kappa shape index (κ2) is 13.8. The fourth-order valence-electron chi connectivity index (χ4n) is 7.64. The molecule has 5 aromatic rings. The Balaban J connectivity index is 2.41. The number of aryl methyl sites for hydroxylation is 6. The van der Waals surface area contributed by atoms with Gasteiger partial charge in [0.15, 0.2) is 52.4 Å². The molecule has 0 aliphatic heterocycles. The van der Waals surface area contributed by atoms with Crippen LogP contribution in [0.15, 0.2) is 24.3 Å². The standard InChI is InChI=1S/C36H23BF15P/c1-11-7-13(3)35(14(4)8-11)53(36-15(5)9-12(2)10-16(36)6)37(17-20(38)26(44)32(50)27(45)21(17)39,18-22(40)28(46)33(51)29(47)23(18)41)19-24(42)30(48)34(52)31(49)25(19)43/h7-10,53H,1-6H3. The van der Waals surface area contributed by atoms with E-state index in [4.69, 9.17) is 0 Å². The second-order valence-electron chi connectivity index (χ2n) is 12.8. The maximum Gasteiger partial charge on any atom is 0.271 e. The maximum absolute atomic E-state index is 16.6. The Labute approximate surface area is 292 Å². The molecule has 0 saturated carbocycles. The van der Waals surface area contributed by atoms with Crippen LogP contribution in [0, 0.1) is 129 Å². The minimum atomic E-state index is -5.86. The van der Waals surface area contributed by atoms with Gasteiger partial charge in [0.2, 0.25) is 0 Å². The summed E-state index contributed by atoms with van der Waals surface area (Å²) in [4.78, 5) is 0. The van der Waals surface area contributed by atoms with Crippen LogP contribution in [0.1, 0.15) is 33.4 Å². The maximum atomic E-state index is 16.6. The van der Waals surface area contributed by atoms with Crippen LogP contribution in [0.5, 0.6) is 0 Å². The number of hydrogen-bond acceptors (Lipinski definition) is 0. The van der Waals surface area contributed by atoms with E-state index in [2.05, 4.69) is 0 Å². The highest BCUT2D eigenvalue weighted by Gasteiger charge is 2.60. The predicted octanol–water partition coefficient (Wildman–Crippen LogP) is 8.46. The Morgan fingerprint density at radius 2 is 0.472 bits per heavy atom. The van der Waals surface area contributed by atoms with E-state index >= 15 is 52.7 Å². The van der Waals surface area contributed by atoms with Gasteiger partial charge in [0.1, 0.15) is 34.9 Å². The molecule has 0 atom stereocenters. The van der Waals surface area contributed by atoms with Crippen LogP contribution in [0.2, 0.25) is 0 Å². The van der Waals surface area contributed by atoms with Crippen molar-refractivity contribution in [2.24, 2.45) is 0 Å². The summed E-state index contributed by atoms with van der Waals surface area (Å²) in [6.45, 7) is 7.92. The molecule has 0 aliphatic carbocycles. The van der Waals surface area contributed by atoms with Crippen molar-refractivity contribution >= 4 is 40.7 Å². The Morgan fingerprint density at radius 3 is 0.660 bits per heavy atom. The Kier molecular flexibility index (Phi) is 10.3. The molecular formula is C36H23BF15P. The average Bonchev–Trinajstić information content (AvgIpc) is 3.08. The third kappa shape index (κ3) is 5.70. The fraction of sp³-hybridized carbons (Fsp3) is 0.167. The smallest absolute Gasteiger partial charge is 0.207 e. The van der Waals surface area contributed by atoms with E-state index in [0.29, 0.717) is 11.1 Å². The van der Waals surface area contributed by atoms with Crippen LogP contribution in [0.3, 0.4) is 0 Å². The van der Waals surface area contributed by atoms with Gasteiger partial charge < -0.3 is 0 Å². The van der Waals surface area contributed by atoms with Crippen molar-refractivity contribution in [3.8, 4) is 0 Å². The summed E-state index contributed by atoms with van der Waals surface area (Å²) in [5, 5.41) is -0.847. The monoisotopic (exact) mass is 782 g/mol. The van der Waals surface area contributed by atoms with Crippen LogP contribution in [-0.2, 0) is 0 Å². The van der Waals surface area contributed by atoms with Gasteiger partial charge in [-0.1, -0.05) is 59.6 Å². The molecule has 53 heavy (non-hydrogen) atoms. The molecule has 0 aliphatic rings. The largest absolute Gasteiger partial charge is 0.271 e. The molecule has 0 N–H and O–H groups in total. The third-order valence-electron chi connectivity index (χ3n) is 9.36. The first-order valence-corrected chi connectivity index (χ1v) is 16.9. The molecule has 0 heterocycles. The lowest BCUT2D eigenvalue weighted by molar-refractivity contribution is 0.380. The molecule has 5 rings (SSSR count). The highest BCUT2D eigenvalue weighted by Crippen LogP contribution is 2.50. The van der Waals surface area contributed by atoms with Crippen molar-refractivity contribution in [3.63, 3.8) is 0 Å². The van der Waals surface area contributed by atoms with E-state index in [9.17, 15) is 13.2 Å². The van der Waals surface area contributed by atoms with Gasteiger partial charge in [-0.05, 0) is 63.8 Å². The van der Waals surface area contributed by atoms with Gasteiger partial charge in [0, 0.05) is 0 Å². The first-order chi connectivity index (χ1) is 24.5. The normalized spacial score (nSPS) is 12.0. The summed E-state index contributed by atoms with van der Waals surface area (Å²) >= 11 is 0. The third-order valence-corrected chi connectivity index (χ3v) is 13.7. The molecular weight excluding hydrogens is 759 g/mol. The van der Waals surface area contributed by atoms with Gasteiger partial charge in [0.25, 0.3) is 5.87 Å². The number of rotatable bonds is 6. The zero-order chi connectivity index (χ0) is 39.9. The molecule has 0 fully saturated rings. The summed E-state index contributed by atoms with van der Waals surface area (Å²) in [6.07, 6.45) is 0. The van der Waals surface area contributed by atoms with Crippen molar-refractivity contribution in [2.45, 2.75) is 41.5 Å². The highest BCUT2D eigenvalue weighted by atomic mass is 31.1. The van der Waals surface area contributed by atoms with E-state index in [1.54, 1.807) is 0 Å². The van der Waals surface area contributed by atoms with Crippen molar-refractivity contribution in [1.29, 1.82) is 0 Å². The molecule has 0 saturated heterocycles. The minimum Gasteiger partial charge on any atom is -0.207 e. The molecule has 0 spiro atoms. The number of halogens is 15. The zero-order valence-electron chi connectivity index (χ0n) is 28.1. The number of benzene rings is 5. The summed E-state index contributed by atoms with van der Waals surface area (Å²) in [6, 6.07) is 5.18. The first-order valence-electron chi connectivity index (χ1n) is 15.3. The summed E-state index contributed by atoms with van der Waals surface area (Å²) < 4.78 is 236. The van der Waals surface area contributed by atoms with Gasteiger partial charge in [-0.3, -0.25) is 0 Å². The van der Waals surface area contributed by atoms with E-state index in [0.717, 1.165) is 0 Å². The zero-order valence-corrected chi connectivity index (χ0v) is 29.1. The second-order valence-corrected chi connectivity index (χ2v) is 15.5. The van der Waals surface area contributed by atoms with Gasteiger partial charge in [-0.2, -0.15) is 0 Å². The summed E-state index contributed by atoms with van der Waals surface area (Å²) in [5.74, 6) is -51.0. The van der Waals surface area contributed by atoms with E-state index < -0.39 is 128 Å². The molecule has 17 heteroatoms. The summed E-state index contributed by atoms with van der Waals surface area (Å²) in [7, 11) is -4.52. The Hall–Kier alpha value is -4.46. The average molecular weight is 782 g/mol. The topological polar surface area (TPSA) is 0 Å².